The maximum Gasteiger partial charge on any atom is 0.282 e. The van der Waals surface area contributed by atoms with Gasteiger partial charge in [0.25, 0.3) is 5.91 Å². The predicted octanol–water partition coefficient (Wildman–Crippen LogP) is 4.99. The summed E-state index contributed by atoms with van der Waals surface area (Å²) in [6.07, 6.45) is 1.75. The highest BCUT2D eigenvalue weighted by Gasteiger charge is 2.39. The Balaban J connectivity index is 1.63. The second-order valence-electron chi connectivity index (χ2n) is 7.16. The molecule has 1 aliphatic carbocycles. The number of anilines is 1. The molecular weight excluding hydrogens is 426 g/mol. The van der Waals surface area contributed by atoms with Crippen LogP contribution in [-0.4, -0.2) is 27.9 Å². The molecule has 7 nitrogen and oxygen atoms in total. The van der Waals surface area contributed by atoms with Crippen LogP contribution in [-0.2, 0) is 6.61 Å². The van der Waals surface area contributed by atoms with Crippen molar-refractivity contribution >= 4 is 39.8 Å². The lowest BCUT2D eigenvalue weighted by molar-refractivity contribution is 0.0972. The molecule has 3 aromatic rings. The number of thiazole rings is 1. The molecule has 1 saturated carbocycles. The number of hydrogen-bond donors (Lipinski definition) is 0. The zero-order valence-electron chi connectivity index (χ0n) is 16.8. The van der Waals surface area contributed by atoms with Gasteiger partial charge in [0.2, 0.25) is 0 Å². The van der Waals surface area contributed by atoms with Crippen LogP contribution in [0, 0.1) is 13.8 Å². The van der Waals surface area contributed by atoms with E-state index in [1.54, 1.807) is 30.9 Å². The van der Waals surface area contributed by atoms with Gasteiger partial charge in [-0.05, 0) is 38.8 Å². The number of carbonyl (C=O) groups excluding carboxylic acids is 2. The van der Waals surface area contributed by atoms with Crippen LogP contribution in [0.2, 0.25) is 5.02 Å². The Bertz CT molecular complexity index is 1120. The van der Waals surface area contributed by atoms with E-state index in [1.807, 2.05) is 12.1 Å². The first-order chi connectivity index (χ1) is 14.4. The number of benzene rings is 1. The molecule has 1 amide bonds. The third-order valence-electron chi connectivity index (χ3n) is 4.84. The molecule has 0 unspecified atom stereocenters. The summed E-state index contributed by atoms with van der Waals surface area (Å²) < 4.78 is 11.1. The normalized spacial score (nSPS) is 13.3. The molecule has 0 saturated heterocycles. The molecule has 0 spiro atoms. The summed E-state index contributed by atoms with van der Waals surface area (Å²) in [5.41, 5.74) is 1.37. The summed E-state index contributed by atoms with van der Waals surface area (Å²) in [5, 5.41) is 4.99. The molecule has 9 heteroatoms. The first kappa shape index (κ1) is 20.6. The molecule has 4 rings (SSSR count). The van der Waals surface area contributed by atoms with Gasteiger partial charge in [-0.3, -0.25) is 14.5 Å². The van der Waals surface area contributed by atoms with E-state index in [1.165, 1.54) is 18.3 Å². The molecule has 1 aromatic carbocycles. The van der Waals surface area contributed by atoms with Gasteiger partial charge < -0.3 is 9.26 Å². The van der Waals surface area contributed by atoms with Crippen molar-refractivity contribution in [1.29, 1.82) is 0 Å². The van der Waals surface area contributed by atoms with Crippen molar-refractivity contribution < 1.29 is 18.8 Å². The zero-order chi connectivity index (χ0) is 21.4. The van der Waals surface area contributed by atoms with Gasteiger partial charge >= 0.3 is 0 Å². The number of halogens is 1. The van der Waals surface area contributed by atoms with E-state index in [2.05, 4.69) is 10.1 Å². The highest BCUT2D eigenvalue weighted by Crippen LogP contribution is 2.37. The van der Waals surface area contributed by atoms with Gasteiger partial charge in [0.1, 0.15) is 18.1 Å². The summed E-state index contributed by atoms with van der Waals surface area (Å²) in [4.78, 5) is 31.9. The SMILES string of the molecule is CC(=O)c1sc(N(C(=O)c2noc(C)c2COc2ccccc2Cl)C2CC2)nc1C. The molecular formula is C21H20ClN3O4S. The van der Waals surface area contributed by atoms with Crippen LogP contribution in [0.3, 0.4) is 0 Å². The Labute approximate surface area is 182 Å². The van der Waals surface area contributed by atoms with Crippen molar-refractivity contribution in [1.82, 2.24) is 10.1 Å². The van der Waals surface area contributed by atoms with Gasteiger partial charge in [-0.2, -0.15) is 0 Å². The minimum atomic E-state index is -0.309. The summed E-state index contributed by atoms with van der Waals surface area (Å²) >= 11 is 7.39. The summed E-state index contributed by atoms with van der Waals surface area (Å²) in [6, 6.07) is 7.16. The third-order valence-corrected chi connectivity index (χ3v) is 6.41. The number of hydrogen-bond acceptors (Lipinski definition) is 7. The Morgan fingerprint density at radius 3 is 2.67 bits per heavy atom. The average Bonchev–Trinajstić information content (AvgIpc) is 3.35. The van der Waals surface area contributed by atoms with Gasteiger partial charge in [-0.25, -0.2) is 4.98 Å². The van der Waals surface area contributed by atoms with E-state index in [4.69, 9.17) is 20.9 Å². The number of nitrogens with zero attached hydrogens (tertiary/aromatic N) is 3. The van der Waals surface area contributed by atoms with Gasteiger partial charge in [-0.15, -0.1) is 0 Å². The maximum absolute atomic E-state index is 13.4. The molecule has 0 N–H and O–H groups in total. The van der Waals surface area contributed by atoms with Crippen LogP contribution in [0.4, 0.5) is 5.13 Å². The fraction of sp³-hybridized carbons (Fsp3) is 0.333. The molecule has 0 bridgehead atoms. The Hall–Kier alpha value is -2.71. The quantitative estimate of drug-likeness (QED) is 0.476. The van der Waals surface area contributed by atoms with Crippen molar-refractivity contribution in [3.63, 3.8) is 0 Å². The number of carbonyl (C=O) groups is 2. The lowest BCUT2D eigenvalue weighted by atomic mass is 10.2. The molecule has 30 heavy (non-hydrogen) atoms. The van der Waals surface area contributed by atoms with Crippen LogP contribution in [0.5, 0.6) is 5.75 Å². The van der Waals surface area contributed by atoms with Crippen molar-refractivity contribution in [2.24, 2.45) is 0 Å². The number of para-hydroxylation sites is 1. The molecule has 2 heterocycles. The molecule has 156 valence electrons. The monoisotopic (exact) mass is 445 g/mol. The van der Waals surface area contributed by atoms with E-state index in [-0.39, 0.29) is 30.0 Å². The number of Topliss-reactive ketones (excluding diaryl/α,β-unsaturated/α-hetero) is 1. The Morgan fingerprint density at radius 2 is 2.03 bits per heavy atom. The van der Waals surface area contributed by atoms with Crippen molar-refractivity contribution in [2.75, 3.05) is 4.90 Å². The summed E-state index contributed by atoms with van der Waals surface area (Å²) in [7, 11) is 0. The second-order valence-corrected chi connectivity index (χ2v) is 8.54. The number of ketones is 1. The molecule has 0 aliphatic heterocycles. The first-order valence-electron chi connectivity index (χ1n) is 9.51. The van der Waals surface area contributed by atoms with Gasteiger partial charge in [0.15, 0.2) is 16.6 Å². The molecule has 2 aromatic heterocycles. The number of amides is 1. The molecule has 1 aliphatic rings. The van der Waals surface area contributed by atoms with Crippen LogP contribution in [0.15, 0.2) is 28.8 Å². The second kappa shape index (κ2) is 8.20. The van der Waals surface area contributed by atoms with E-state index in [9.17, 15) is 9.59 Å². The molecule has 1 fully saturated rings. The van der Waals surface area contributed by atoms with Gasteiger partial charge in [0.05, 0.1) is 21.2 Å². The highest BCUT2D eigenvalue weighted by molar-refractivity contribution is 7.17. The van der Waals surface area contributed by atoms with Crippen molar-refractivity contribution in [3.8, 4) is 5.75 Å². The smallest absolute Gasteiger partial charge is 0.282 e. The number of aromatic nitrogens is 2. The number of rotatable bonds is 7. The van der Waals surface area contributed by atoms with Crippen LogP contribution >= 0.6 is 22.9 Å². The fourth-order valence-electron chi connectivity index (χ4n) is 3.11. The number of ether oxygens (including phenoxy) is 1. The fourth-order valence-corrected chi connectivity index (χ4v) is 4.33. The van der Waals surface area contributed by atoms with Gasteiger partial charge in [-0.1, -0.05) is 40.2 Å². The Kier molecular flexibility index (Phi) is 5.62. The lowest BCUT2D eigenvalue weighted by Crippen LogP contribution is -2.34. The molecule has 0 atom stereocenters. The van der Waals surface area contributed by atoms with E-state index >= 15 is 0 Å². The predicted molar refractivity (Wildman–Crippen MR) is 114 cm³/mol. The van der Waals surface area contributed by atoms with E-state index < -0.39 is 0 Å². The summed E-state index contributed by atoms with van der Waals surface area (Å²) in [6.45, 7) is 5.10. The maximum atomic E-state index is 13.4. The van der Waals surface area contributed by atoms with Crippen LogP contribution < -0.4 is 9.64 Å². The van der Waals surface area contributed by atoms with Crippen LogP contribution in [0.1, 0.15) is 56.9 Å². The Morgan fingerprint density at radius 1 is 1.30 bits per heavy atom. The molecule has 0 radical (unpaired) electrons. The van der Waals surface area contributed by atoms with Crippen LogP contribution in [0.25, 0.3) is 0 Å². The number of aryl methyl sites for hydroxylation is 2. The standard InChI is InChI=1S/C21H20ClN3O4S/c1-11-19(12(2)26)30-21(23-11)25(14-8-9-14)20(27)18-15(13(3)29-24-18)10-28-17-7-5-4-6-16(17)22/h4-7,14H,8-10H2,1-3H3. The average molecular weight is 446 g/mol. The topological polar surface area (TPSA) is 85.5 Å². The zero-order valence-corrected chi connectivity index (χ0v) is 18.3. The summed E-state index contributed by atoms with van der Waals surface area (Å²) in [5.74, 6) is 0.640. The van der Waals surface area contributed by atoms with Crippen molar-refractivity contribution in [2.45, 2.75) is 46.3 Å². The minimum Gasteiger partial charge on any atom is -0.487 e. The van der Waals surface area contributed by atoms with E-state index in [0.717, 1.165) is 12.8 Å². The largest absolute Gasteiger partial charge is 0.487 e. The van der Waals surface area contributed by atoms with E-state index in [0.29, 0.717) is 37.8 Å². The van der Waals surface area contributed by atoms with Gasteiger partial charge in [0, 0.05) is 13.0 Å². The minimum absolute atomic E-state index is 0.0391. The lowest BCUT2D eigenvalue weighted by Gasteiger charge is -2.18. The third kappa shape index (κ3) is 3.97. The highest BCUT2D eigenvalue weighted by atomic mass is 35.5. The first-order valence-corrected chi connectivity index (χ1v) is 10.7. The van der Waals surface area contributed by atoms with Crippen molar-refractivity contribution in [3.05, 3.63) is 56.9 Å².